The Morgan fingerprint density at radius 1 is 1.38 bits per heavy atom. The molecule has 0 unspecified atom stereocenters. The molecule has 0 saturated carbocycles. The Balaban J connectivity index is 3.20. The van der Waals surface area contributed by atoms with Crippen LogP contribution in [-0.2, 0) is 10.0 Å². The Hall–Kier alpha value is -0.390. The molecule has 0 saturated heterocycles. The highest BCUT2D eigenvalue weighted by atomic mass is 79.9. The molecule has 0 fully saturated rings. The van der Waals surface area contributed by atoms with E-state index in [4.69, 9.17) is 0 Å². The molecular formula is C11H16BrNO2S. The van der Waals surface area contributed by atoms with Crippen molar-refractivity contribution in [2.24, 2.45) is 0 Å². The molecule has 16 heavy (non-hydrogen) atoms. The SMILES string of the molecule is CCN(C(C)C)S(=O)(=O)c1cccc(Br)c1. The van der Waals surface area contributed by atoms with Crippen molar-refractivity contribution in [3.63, 3.8) is 0 Å². The minimum atomic E-state index is -3.37. The van der Waals surface area contributed by atoms with Crippen LogP contribution in [0.1, 0.15) is 20.8 Å². The predicted octanol–water partition coefficient (Wildman–Crippen LogP) is 2.87. The van der Waals surface area contributed by atoms with Gasteiger partial charge in [0.25, 0.3) is 0 Å². The molecule has 0 amide bonds. The lowest BCUT2D eigenvalue weighted by molar-refractivity contribution is 0.369. The molecule has 0 aliphatic heterocycles. The second kappa shape index (κ2) is 5.29. The number of hydrogen-bond acceptors (Lipinski definition) is 2. The molecular weight excluding hydrogens is 290 g/mol. The Bertz CT molecular complexity index is 457. The fourth-order valence-corrected chi connectivity index (χ4v) is 3.82. The van der Waals surface area contributed by atoms with Crippen molar-refractivity contribution in [1.29, 1.82) is 0 Å². The molecule has 0 aliphatic rings. The van der Waals surface area contributed by atoms with Gasteiger partial charge < -0.3 is 0 Å². The van der Waals surface area contributed by atoms with Crippen molar-refractivity contribution in [3.05, 3.63) is 28.7 Å². The lowest BCUT2D eigenvalue weighted by atomic mass is 10.4. The van der Waals surface area contributed by atoms with Gasteiger partial charge in [-0.2, -0.15) is 4.31 Å². The van der Waals surface area contributed by atoms with E-state index in [0.29, 0.717) is 11.4 Å². The van der Waals surface area contributed by atoms with Crippen molar-refractivity contribution in [3.8, 4) is 0 Å². The van der Waals surface area contributed by atoms with E-state index >= 15 is 0 Å². The number of benzene rings is 1. The van der Waals surface area contributed by atoms with Crippen LogP contribution in [-0.4, -0.2) is 25.3 Å². The normalized spacial score (nSPS) is 12.4. The summed E-state index contributed by atoms with van der Waals surface area (Å²) in [5.74, 6) is 0. The van der Waals surface area contributed by atoms with E-state index in [9.17, 15) is 8.42 Å². The van der Waals surface area contributed by atoms with Gasteiger partial charge in [0, 0.05) is 17.1 Å². The van der Waals surface area contributed by atoms with Crippen LogP contribution in [0.15, 0.2) is 33.6 Å². The van der Waals surface area contributed by atoms with Crippen molar-refractivity contribution >= 4 is 26.0 Å². The van der Waals surface area contributed by atoms with Gasteiger partial charge in [0.05, 0.1) is 4.90 Å². The highest BCUT2D eigenvalue weighted by Gasteiger charge is 2.25. The first-order valence-electron chi connectivity index (χ1n) is 5.17. The first-order valence-corrected chi connectivity index (χ1v) is 7.40. The summed E-state index contributed by atoms with van der Waals surface area (Å²) in [4.78, 5) is 0.331. The predicted molar refractivity (Wildman–Crippen MR) is 68.8 cm³/mol. The zero-order valence-corrected chi connectivity index (χ0v) is 12.0. The van der Waals surface area contributed by atoms with Gasteiger partial charge in [0.1, 0.15) is 0 Å². The monoisotopic (exact) mass is 305 g/mol. The summed E-state index contributed by atoms with van der Waals surface area (Å²) in [5, 5.41) is 0. The van der Waals surface area contributed by atoms with Gasteiger partial charge in [0.2, 0.25) is 10.0 Å². The van der Waals surface area contributed by atoms with E-state index in [1.807, 2.05) is 26.8 Å². The largest absolute Gasteiger partial charge is 0.243 e. The fourth-order valence-electron chi connectivity index (χ4n) is 1.58. The van der Waals surface area contributed by atoms with E-state index in [1.54, 1.807) is 18.2 Å². The third-order valence-corrected chi connectivity index (χ3v) is 4.93. The third-order valence-electron chi connectivity index (χ3n) is 2.29. The van der Waals surface area contributed by atoms with Crippen molar-refractivity contribution in [2.45, 2.75) is 31.7 Å². The Kier molecular flexibility index (Phi) is 4.52. The van der Waals surface area contributed by atoms with Crippen LogP contribution in [0.5, 0.6) is 0 Å². The first kappa shape index (κ1) is 13.7. The standard InChI is InChI=1S/C11H16BrNO2S/c1-4-13(9(2)3)16(14,15)11-7-5-6-10(12)8-11/h5-9H,4H2,1-3H3. The summed E-state index contributed by atoms with van der Waals surface area (Å²) in [7, 11) is -3.37. The Morgan fingerprint density at radius 3 is 2.44 bits per heavy atom. The molecule has 1 rings (SSSR count). The summed E-state index contributed by atoms with van der Waals surface area (Å²) < 4.78 is 26.8. The molecule has 0 radical (unpaired) electrons. The average Bonchev–Trinajstić information content (AvgIpc) is 2.17. The summed E-state index contributed by atoms with van der Waals surface area (Å²) in [6, 6.07) is 6.75. The van der Waals surface area contributed by atoms with Gasteiger partial charge >= 0.3 is 0 Å². The number of nitrogens with zero attached hydrogens (tertiary/aromatic N) is 1. The fraction of sp³-hybridized carbons (Fsp3) is 0.455. The van der Waals surface area contributed by atoms with Crippen LogP contribution in [0, 0.1) is 0 Å². The molecule has 90 valence electrons. The highest BCUT2D eigenvalue weighted by molar-refractivity contribution is 9.10. The van der Waals surface area contributed by atoms with Crippen LogP contribution < -0.4 is 0 Å². The van der Waals surface area contributed by atoms with Gasteiger partial charge in [-0.25, -0.2) is 8.42 Å². The van der Waals surface area contributed by atoms with Crippen molar-refractivity contribution in [1.82, 2.24) is 4.31 Å². The van der Waals surface area contributed by atoms with Crippen molar-refractivity contribution in [2.75, 3.05) is 6.54 Å². The minimum Gasteiger partial charge on any atom is -0.207 e. The van der Waals surface area contributed by atoms with Gasteiger partial charge in [-0.3, -0.25) is 0 Å². The van der Waals surface area contributed by atoms with Gasteiger partial charge in [-0.15, -0.1) is 0 Å². The number of hydrogen-bond donors (Lipinski definition) is 0. The highest BCUT2D eigenvalue weighted by Crippen LogP contribution is 2.21. The number of halogens is 1. The molecule has 0 N–H and O–H groups in total. The molecule has 0 spiro atoms. The topological polar surface area (TPSA) is 37.4 Å². The lowest BCUT2D eigenvalue weighted by Crippen LogP contribution is -2.36. The molecule has 5 heteroatoms. The van der Waals surface area contributed by atoms with Gasteiger partial charge in [-0.05, 0) is 32.0 Å². The smallest absolute Gasteiger partial charge is 0.207 e. The zero-order chi connectivity index (χ0) is 12.3. The summed E-state index contributed by atoms with van der Waals surface area (Å²) >= 11 is 3.28. The van der Waals surface area contributed by atoms with E-state index in [1.165, 1.54) is 4.31 Å². The third kappa shape index (κ3) is 2.84. The number of rotatable bonds is 4. The Labute approximate surface area is 106 Å². The molecule has 3 nitrogen and oxygen atoms in total. The molecule has 0 aromatic heterocycles. The summed E-state index contributed by atoms with van der Waals surface area (Å²) in [6.45, 7) is 6.07. The molecule has 0 atom stereocenters. The Morgan fingerprint density at radius 2 is 2.00 bits per heavy atom. The maximum Gasteiger partial charge on any atom is 0.243 e. The average molecular weight is 306 g/mol. The van der Waals surface area contributed by atoms with Gasteiger partial charge in [0.15, 0.2) is 0 Å². The second-order valence-electron chi connectivity index (χ2n) is 3.76. The lowest BCUT2D eigenvalue weighted by Gasteiger charge is -2.24. The van der Waals surface area contributed by atoms with E-state index in [0.717, 1.165) is 4.47 Å². The van der Waals surface area contributed by atoms with Gasteiger partial charge in [-0.1, -0.05) is 28.9 Å². The molecule has 1 aromatic carbocycles. The van der Waals surface area contributed by atoms with Crippen LogP contribution in [0.25, 0.3) is 0 Å². The molecule has 0 bridgehead atoms. The second-order valence-corrected chi connectivity index (χ2v) is 6.57. The first-order chi connectivity index (χ1) is 7.39. The molecule has 0 heterocycles. The minimum absolute atomic E-state index is 0.0334. The van der Waals surface area contributed by atoms with Crippen LogP contribution in [0.3, 0.4) is 0 Å². The van der Waals surface area contributed by atoms with Crippen LogP contribution in [0.2, 0.25) is 0 Å². The maximum absolute atomic E-state index is 12.3. The van der Waals surface area contributed by atoms with Crippen molar-refractivity contribution < 1.29 is 8.42 Å². The zero-order valence-electron chi connectivity index (χ0n) is 9.64. The summed E-state index contributed by atoms with van der Waals surface area (Å²) in [6.07, 6.45) is 0. The number of sulfonamides is 1. The molecule has 1 aromatic rings. The summed E-state index contributed by atoms with van der Waals surface area (Å²) in [5.41, 5.74) is 0. The van der Waals surface area contributed by atoms with Crippen LogP contribution in [0.4, 0.5) is 0 Å². The van der Waals surface area contributed by atoms with E-state index in [2.05, 4.69) is 15.9 Å². The van der Waals surface area contributed by atoms with E-state index in [-0.39, 0.29) is 6.04 Å². The molecule has 0 aliphatic carbocycles. The maximum atomic E-state index is 12.3. The van der Waals surface area contributed by atoms with E-state index < -0.39 is 10.0 Å². The van der Waals surface area contributed by atoms with Crippen LogP contribution >= 0.6 is 15.9 Å². The quantitative estimate of drug-likeness (QED) is 0.858.